The lowest BCUT2D eigenvalue weighted by Gasteiger charge is -2.40. The van der Waals surface area contributed by atoms with Gasteiger partial charge in [0.15, 0.2) is 0 Å². The van der Waals surface area contributed by atoms with E-state index in [1.165, 1.54) is 5.56 Å². The van der Waals surface area contributed by atoms with Crippen LogP contribution in [-0.2, 0) is 5.41 Å². The van der Waals surface area contributed by atoms with Crippen molar-refractivity contribution in [2.24, 2.45) is 0 Å². The van der Waals surface area contributed by atoms with Crippen LogP contribution in [0.2, 0.25) is 0 Å². The highest BCUT2D eigenvalue weighted by atomic mass is 14.9. The molecule has 1 atom stereocenters. The number of allylic oxidation sites excluding steroid dienone is 1. The monoisotopic (exact) mass is 245 g/mol. The Labute approximate surface area is 112 Å². The molecule has 0 aromatic heterocycles. The fraction of sp³-hybridized carbons (Fsp3) is 0.529. The number of hydrogen-bond donors (Lipinski definition) is 1. The zero-order valence-electron chi connectivity index (χ0n) is 12.1. The van der Waals surface area contributed by atoms with Crippen LogP contribution in [0.15, 0.2) is 43.0 Å². The molecule has 1 heteroatoms. The molecule has 0 saturated heterocycles. The fourth-order valence-corrected chi connectivity index (χ4v) is 3.10. The Kier molecular flexibility index (Phi) is 6.14. The SMILES string of the molecule is C=CCCC(NC)C(CC)(CC)c1ccccc1. The first kappa shape index (κ1) is 15.0. The van der Waals surface area contributed by atoms with Gasteiger partial charge in [-0.2, -0.15) is 0 Å². The van der Waals surface area contributed by atoms with Crippen LogP contribution in [0.4, 0.5) is 0 Å². The Balaban J connectivity index is 3.08. The summed E-state index contributed by atoms with van der Waals surface area (Å²) in [6.45, 7) is 8.45. The van der Waals surface area contributed by atoms with E-state index in [0.29, 0.717) is 6.04 Å². The van der Waals surface area contributed by atoms with Crippen LogP contribution in [0, 0.1) is 0 Å². The number of likely N-dealkylation sites (N-methyl/N-ethyl adjacent to an activating group) is 1. The van der Waals surface area contributed by atoms with Gasteiger partial charge < -0.3 is 5.32 Å². The normalized spacial score (nSPS) is 13.3. The topological polar surface area (TPSA) is 12.0 Å². The lowest BCUT2D eigenvalue weighted by Crippen LogP contribution is -2.46. The molecule has 0 bridgehead atoms. The van der Waals surface area contributed by atoms with Crippen LogP contribution in [-0.4, -0.2) is 13.1 Å². The van der Waals surface area contributed by atoms with Crippen LogP contribution in [0.5, 0.6) is 0 Å². The third kappa shape index (κ3) is 3.02. The standard InChI is InChI=1S/C17H27N/c1-5-8-14-16(18-4)17(6-2,7-3)15-12-10-9-11-13-15/h5,9-13,16,18H,1,6-8,14H2,2-4H3. The zero-order valence-corrected chi connectivity index (χ0v) is 12.1. The highest BCUT2D eigenvalue weighted by molar-refractivity contribution is 5.27. The van der Waals surface area contributed by atoms with Crippen LogP contribution < -0.4 is 5.32 Å². The van der Waals surface area contributed by atoms with Crippen LogP contribution in [0.25, 0.3) is 0 Å². The minimum absolute atomic E-state index is 0.235. The average Bonchev–Trinajstić information content (AvgIpc) is 2.45. The van der Waals surface area contributed by atoms with Gasteiger partial charge in [-0.25, -0.2) is 0 Å². The number of nitrogens with one attached hydrogen (secondary N) is 1. The lowest BCUT2D eigenvalue weighted by molar-refractivity contribution is 0.271. The maximum atomic E-state index is 3.85. The summed E-state index contributed by atoms with van der Waals surface area (Å²) >= 11 is 0. The van der Waals surface area contributed by atoms with Gasteiger partial charge in [0.1, 0.15) is 0 Å². The predicted octanol–water partition coefficient (Wildman–Crippen LogP) is 4.30. The largest absolute Gasteiger partial charge is 0.316 e. The molecule has 0 saturated carbocycles. The summed E-state index contributed by atoms with van der Waals surface area (Å²) in [7, 11) is 2.08. The summed E-state index contributed by atoms with van der Waals surface area (Å²) < 4.78 is 0. The van der Waals surface area contributed by atoms with Crippen molar-refractivity contribution in [3.8, 4) is 0 Å². The van der Waals surface area contributed by atoms with Gasteiger partial charge in [0.2, 0.25) is 0 Å². The molecule has 1 rings (SSSR count). The van der Waals surface area contributed by atoms with E-state index in [0.717, 1.165) is 25.7 Å². The molecule has 0 spiro atoms. The van der Waals surface area contributed by atoms with Gasteiger partial charge in [-0.05, 0) is 38.3 Å². The van der Waals surface area contributed by atoms with Gasteiger partial charge in [-0.15, -0.1) is 6.58 Å². The van der Waals surface area contributed by atoms with Gasteiger partial charge in [0.05, 0.1) is 0 Å². The van der Waals surface area contributed by atoms with Crippen LogP contribution in [0.3, 0.4) is 0 Å². The molecule has 0 aliphatic heterocycles. The zero-order chi connectivity index (χ0) is 13.4. The molecule has 1 nitrogen and oxygen atoms in total. The van der Waals surface area contributed by atoms with Gasteiger partial charge in [0.25, 0.3) is 0 Å². The first-order valence-electron chi connectivity index (χ1n) is 7.08. The molecular weight excluding hydrogens is 218 g/mol. The Morgan fingerprint density at radius 1 is 1.22 bits per heavy atom. The summed E-state index contributed by atoms with van der Waals surface area (Å²) in [6.07, 6.45) is 6.56. The van der Waals surface area contributed by atoms with Gasteiger partial charge in [-0.1, -0.05) is 50.3 Å². The van der Waals surface area contributed by atoms with Gasteiger partial charge in [-0.3, -0.25) is 0 Å². The second-order valence-corrected chi connectivity index (χ2v) is 4.94. The van der Waals surface area contributed by atoms with Crippen molar-refractivity contribution in [3.05, 3.63) is 48.6 Å². The number of benzene rings is 1. The van der Waals surface area contributed by atoms with E-state index in [-0.39, 0.29) is 5.41 Å². The minimum Gasteiger partial charge on any atom is -0.316 e. The quantitative estimate of drug-likeness (QED) is 0.673. The number of rotatable bonds is 8. The fourth-order valence-electron chi connectivity index (χ4n) is 3.10. The molecule has 0 aliphatic rings. The summed E-state index contributed by atoms with van der Waals surface area (Å²) in [5.41, 5.74) is 1.69. The van der Waals surface area contributed by atoms with Gasteiger partial charge >= 0.3 is 0 Å². The Morgan fingerprint density at radius 3 is 2.28 bits per heavy atom. The maximum absolute atomic E-state index is 3.85. The minimum atomic E-state index is 0.235. The molecule has 1 aromatic carbocycles. The summed E-state index contributed by atoms with van der Waals surface area (Å²) in [5.74, 6) is 0. The van der Waals surface area contributed by atoms with Gasteiger partial charge in [0, 0.05) is 11.5 Å². The molecule has 0 radical (unpaired) electrons. The van der Waals surface area contributed by atoms with E-state index >= 15 is 0 Å². The van der Waals surface area contributed by atoms with Crippen molar-refractivity contribution < 1.29 is 0 Å². The lowest BCUT2D eigenvalue weighted by atomic mass is 9.69. The molecule has 0 aliphatic carbocycles. The molecule has 0 fully saturated rings. The predicted molar refractivity (Wildman–Crippen MR) is 81.0 cm³/mol. The van der Waals surface area contributed by atoms with Crippen molar-refractivity contribution >= 4 is 0 Å². The van der Waals surface area contributed by atoms with E-state index in [1.54, 1.807) is 0 Å². The van der Waals surface area contributed by atoms with Crippen molar-refractivity contribution in [1.82, 2.24) is 5.32 Å². The summed E-state index contributed by atoms with van der Waals surface area (Å²) in [6, 6.07) is 11.4. The number of hydrogen-bond acceptors (Lipinski definition) is 1. The van der Waals surface area contributed by atoms with Crippen LogP contribution >= 0.6 is 0 Å². The second-order valence-electron chi connectivity index (χ2n) is 4.94. The first-order chi connectivity index (χ1) is 8.75. The van der Waals surface area contributed by atoms with Crippen molar-refractivity contribution in [2.75, 3.05) is 7.05 Å². The second kappa shape index (κ2) is 7.38. The molecular formula is C17H27N. The Morgan fingerprint density at radius 2 is 1.83 bits per heavy atom. The summed E-state index contributed by atoms with van der Waals surface area (Å²) in [5, 5.41) is 3.53. The van der Waals surface area contributed by atoms with Crippen molar-refractivity contribution in [1.29, 1.82) is 0 Å². The summed E-state index contributed by atoms with van der Waals surface area (Å²) in [4.78, 5) is 0. The van der Waals surface area contributed by atoms with E-state index in [2.05, 4.69) is 63.1 Å². The highest BCUT2D eigenvalue weighted by Crippen LogP contribution is 2.36. The molecule has 0 amide bonds. The third-order valence-electron chi connectivity index (χ3n) is 4.29. The van der Waals surface area contributed by atoms with E-state index < -0.39 is 0 Å². The van der Waals surface area contributed by atoms with Crippen molar-refractivity contribution in [3.63, 3.8) is 0 Å². The van der Waals surface area contributed by atoms with E-state index in [9.17, 15) is 0 Å². The molecule has 100 valence electrons. The van der Waals surface area contributed by atoms with Crippen LogP contribution in [0.1, 0.15) is 45.1 Å². The van der Waals surface area contributed by atoms with E-state index in [1.807, 2.05) is 6.08 Å². The molecule has 1 unspecified atom stereocenters. The molecule has 1 N–H and O–H groups in total. The Hall–Kier alpha value is -1.08. The third-order valence-corrected chi connectivity index (χ3v) is 4.29. The molecule has 18 heavy (non-hydrogen) atoms. The average molecular weight is 245 g/mol. The maximum Gasteiger partial charge on any atom is 0.0164 e. The Bertz CT molecular complexity index is 338. The molecule has 0 heterocycles. The van der Waals surface area contributed by atoms with Crippen molar-refractivity contribution in [2.45, 2.75) is 51.0 Å². The highest BCUT2D eigenvalue weighted by Gasteiger charge is 2.35. The smallest absolute Gasteiger partial charge is 0.0164 e. The van der Waals surface area contributed by atoms with E-state index in [4.69, 9.17) is 0 Å². The first-order valence-corrected chi connectivity index (χ1v) is 7.08. The molecule has 1 aromatic rings.